The third kappa shape index (κ3) is 4.78. The van der Waals surface area contributed by atoms with Gasteiger partial charge in [-0.25, -0.2) is 13.9 Å². The minimum atomic E-state index is -4.08. The van der Waals surface area contributed by atoms with Gasteiger partial charge in [0.2, 0.25) is 10.0 Å². The van der Waals surface area contributed by atoms with Crippen LogP contribution in [0, 0.1) is 0 Å². The van der Waals surface area contributed by atoms with Gasteiger partial charge in [0.25, 0.3) is 5.91 Å². The molecule has 0 radical (unpaired) electrons. The summed E-state index contributed by atoms with van der Waals surface area (Å²) in [5, 5.41) is 19.6. The van der Waals surface area contributed by atoms with Crippen molar-refractivity contribution in [3.63, 3.8) is 0 Å². The van der Waals surface area contributed by atoms with Crippen LogP contribution >= 0.6 is 0 Å². The molecule has 1 saturated heterocycles. The molecule has 0 bridgehead atoms. The summed E-state index contributed by atoms with van der Waals surface area (Å²) in [6, 6.07) is 8.24. The normalized spacial score (nSPS) is 22.4. The lowest BCUT2D eigenvalue weighted by atomic mass is 9.87. The molecule has 2 aromatic rings. The van der Waals surface area contributed by atoms with Gasteiger partial charge in [-0.2, -0.15) is 4.31 Å². The zero-order valence-electron chi connectivity index (χ0n) is 16.6. The standard InChI is InChI=1S/C20H25N3O6S/c1-20(25)10-2-13-23(18(20)19(24)22-26)30(27,28)17-5-3-16(4-6-17)29-14-9-15-7-11-21-12-8-15/h3-8,11-12,18,25-26H,2,9-10,13-14H2,1H3,(H,22,24)/t18-,20-/m0/s1. The van der Waals surface area contributed by atoms with Crippen molar-refractivity contribution in [2.24, 2.45) is 0 Å². The van der Waals surface area contributed by atoms with Crippen molar-refractivity contribution in [1.82, 2.24) is 14.8 Å². The van der Waals surface area contributed by atoms with Crippen molar-refractivity contribution in [1.29, 1.82) is 0 Å². The summed E-state index contributed by atoms with van der Waals surface area (Å²) in [6.07, 6.45) is 4.72. The Morgan fingerprint density at radius 3 is 2.57 bits per heavy atom. The molecule has 2 atom stereocenters. The third-order valence-electron chi connectivity index (χ3n) is 5.14. The molecule has 0 spiro atoms. The Bertz CT molecular complexity index is 964. The zero-order chi connectivity index (χ0) is 21.8. The third-order valence-corrected chi connectivity index (χ3v) is 7.01. The first-order valence-electron chi connectivity index (χ1n) is 9.55. The fraction of sp³-hybridized carbons (Fsp3) is 0.400. The molecule has 2 heterocycles. The number of nitrogens with zero attached hydrogens (tertiary/aromatic N) is 2. The number of hydrogen-bond acceptors (Lipinski definition) is 7. The lowest BCUT2D eigenvalue weighted by Gasteiger charge is -2.42. The van der Waals surface area contributed by atoms with Gasteiger partial charge in [-0.05, 0) is 61.7 Å². The van der Waals surface area contributed by atoms with E-state index in [1.165, 1.54) is 24.5 Å². The zero-order valence-corrected chi connectivity index (χ0v) is 17.4. The monoisotopic (exact) mass is 435 g/mol. The molecule has 1 amide bonds. The number of benzene rings is 1. The van der Waals surface area contributed by atoms with Gasteiger partial charge in [0.15, 0.2) is 0 Å². The van der Waals surface area contributed by atoms with E-state index in [2.05, 4.69) is 4.98 Å². The highest BCUT2D eigenvalue weighted by Crippen LogP contribution is 2.32. The fourth-order valence-corrected chi connectivity index (χ4v) is 5.30. The lowest BCUT2D eigenvalue weighted by molar-refractivity contribution is -0.144. The molecule has 9 nitrogen and oxygen atoms in total. The van der Waals surface area contributed by atoms with Crippen molar-refractivity contribution >= 4 is 15.9 Å². The molecule has 0 aliphatic carbocycles. The van der Waals surface area contributed by atoms with Crippen LogP contribution in [-0.2, 0) is 21.2 Å². The molecule has 1 aromatic heterocycles. The van der Waals surface area contributed by atoms with E-state index in [1.807, 2.05) is 12.1 Å². The smallest absolute Gasteiger partial charge is 0.264 e. The van der Waals surface area contributed by atoms with E-state index in [0.717, 1.165) is 9.87 Å². The molecular formula is C20H25N3O6S. The fourth-order valence-electron chi connectivity index (χ4n) is 3.58. The molecule has 1 aromatic carbocycles. The summed E-state index contributed by atoms with van der Waals surface area (Å²) in [5.41, 5.74) is 0.936. The van der Waals surface area contributed by atoms with Gasteiger partial charge in [-0.3, -0.25) is 15.0 Å². The first kappa shape index (κ1) is 22.2. The van der Waals surface area contributed by atoms with E-state index in [1.54, 1.807) is 24.5 Å². The summed E-state index contributed by atoms with van der Waals surface area (Å²) >= 11 is 0. The number of rotatable bonds is 7. The number of carbonyl (C=O) groups excluding carboxylic acids is 1. The highest BCUT2D eigenvalue weighted by molar-refractivity contribution is 7.89. The average Bonchev–Trinajstić information content (AvgIpc) is 2.73. The maximum Gasteiger partial charge on any atom is 0.264 e. The first-order chi connectivity index (χ1) is 14.3. The number of aliphatic hydroxyl groups is 1. The molecule has 1 aliphatic rings. The van der Waals surface area contributed by atoms with Crippen LogP contribution in [0.15, 0.2) is 53.7 Å². The number of piperidine rings is 1. The average molecular weight is 436 g/mol. The number of sulfonamides is 1. The second-order valence-corrected chi connectivity index (χ2v) is 9.27. The van der Waals surface area contributed by atoms with Crippen LogP contribution in [-0.4, -0.2) is 58.7 Å². The van der Waals surface area contributed by atoms with E-state index in [9.17, 15) is 18.3 Å². The summed E-state index contributed by atoms with van der Waals surface area (Å²) in [4.78, 5) is 16.0. The number of hydrogen-bond donors (Lipinski definition) is 3. The number of aromatic nitrogens is 1. The Hall–Kier alpha value is -2.53. The molecule has 10 heteroatoms. The number of amides is 1. The van der Waals surface area contributed by atoms with Crippen LogP contribution in [0.3, 0.4) is 0 Å². The van der Waals surface area contributed by atoms with Gasteiger partial charge in [-0.1, -0.05) is 0 Å². The highest BCUT2D eigenvalue weighted by Gasteiger charge is 2.49. The molecule has 1 fully saturated rings. The van der Waals surface area contributed by atoms with Crippen LogP contribution < -0.4 is 10.2 Å². The van der Waals surface area contributed by atoms with Crippen LogP contribution in [0.4, 0.5) is 0 Å². The Kier molecular flexibility index (Phi) is 6.71. The molecule has 0 unspecified atom stereocenters. The number of carbonyl (C=O) groups is 1. The van der Waals surface area contributed by atoms with E-state index >= 15 is 0 Å². The van der Waals surface area contributed by atoms with Crippen molar-refractivity contribution in [3.05, 3.63) is 54.4 Å². The summed E-state index contributed by atoms with van der Waals surface area (Å²) in [6.45, 7) is 1.86. The second kappa shape index (κ2) is 9.09. The quantitative estimate of drug-likeness (QED) is 0.439. The van der Waals surface area contributed by atoms with Crippen LogP contribution in [0.5, 0.6) is 5.75 Å². The Labute approximate surface area is 175 Å². The van der Waals surface area contributed by atoms with Crippen LogP contribution in [0.1, 0.15) is 25.3 Å². The Morgan fingerprint density at radius 1 is 1.27 bits per heavy atom. The van der Waals surface area contributed by atoms with E-state index < -0.39 is 27.6 Å². The van der Waals surface area contributed by atoms with Gasteiger partial charge in [0.1, 0.15) is 11.8 Å². The van der Waals surface area contributed by atoms with Crippen molar-refractivity contribution in [3.8, 4) is 5.75 Å². The molecule has 0 saturated carbocycles. The number of hydroxylamine groups is 1. The van der Waals surface area contributed by atoms with E-state index in [0.29, 0.717) is 25.2 Å². The Morgan fingerprint density at radius 2 is 1.93 bits per heavy atom. The van der Waals surface area contributed by atoms with Crippen molar-refractivity contribution in [2.75, 3.05) is 13.2 Å². The summed E-state index contributed by atoms with van der Waals surface area (Å²) in [7, 11) is -4.08. The molecular weight excluding hydrogens is 410 g/mol. The van der Waals surface area contributed by atoms with Gasteiger partial charge in [0, 0.05) is 25.4 Å². The van der Waals surface area contributed by atoms with Gasteiger partial charge < -0.3 is 9.84 Å². The van der Waals surface area contributed by atoms with E-state index in [4.69, 9.17) is 9.94 Å². The largest absolute Gasteiger partial charge is 0.493 e. The van der Waals surface area contributed by atoms with Gasteiger partial charge in [0.05, 0.1) is 17.1 Å². The molecule has 3 rings (SSSR count). The topological polar surface area (TPSA) is 129 Å². The minimum absolute atomic E-state index is 0.0302. The van der Waals surface area contributed by atoms with E-state index in [-0.39, 0.29) is 17.9 Å². The van der Waals surface area contributed by atoms with Crippen LogP contribution in [0.25, 0.3) is 0 Å². The number of nitrogens with one attached hydrogen (secondary N) is 1. The summed E-state index contributed by atoms with van der Waals surface area (Å²) in [5.74, 6) is -0.461. The highest BCUT2D eigenvalue weighted by atomic mass is 32.2. The molecule has 162 valence electrons. The maximum atomic E-state index is 13.1. The van der Waals surface area contributed by atoms with Crippen LogP contribution in [0.2, 0.25) is 0 Å². The van der Waals surface area contributed by atoms with Gasteiger partial charge in [-0.15, -0.1) is 0 Å². The SMILES string of the molecule is C[C@]1(O)CCCN(S(=O)(=O)c2ccc(OCCc3ccncc3)cc2)[C@H]1C(=O)NO. The first-order valence-corrected chi connectivity index (χ1v) is 11.0. The molecule has 30 heavy (non-hydrogen) atoms. The number of pyridine rings is 1. The van der Waals surface area contributed by atoms with Crippen molar-refractivity contribution < 1.29 is 28.3 Å². The van der Waals surface area contributed by atoms with Gasteiger partial charge >= 0.3 is 0 Å². The predicted octanol–water partition coefficient (Wildman–Crippen LogP) is 1.11. The molecule has 1 aliphatic heterocycles. The lowest BCUT2D eigenvalue weighted by Crippen LogP contribution is -2.62. The number of ether oxygens (including phenoxy) is 1. The summed E-state index contributed by atoms with van der Waals surface area (Å²) < 4.78 is 32.8. The minimum Gasteiger partial charge on any atom is -0.493 e. The van der Waals surface area contributed by atoms with Crippen molar-refractivity contribution in [2.45, 2.75) is 42.7 Å². The molecule has 3 N–H and O–H groups in total. The predicted molar refractivity (Wildman–Crippen MR) is 107 cm³/mol. The second-order valence-electron chi connectivity index (χ2n) is 7.38. The maximum absolute atomic E-state index is 13.1. The Balaban J connectivity index is 1.73.